The number of ether oxygens (including phenoxy) is 2. The molecule has 0 bridgehead atoms. The van der Waals surface area contributed by atoms with Gasteiger partial charge in [-0.2, -0.15) is 0 Å². The number of hydrogen-bond donors (Lipinski definition) is 2. The number of carbonyl (C=O) groups excluding carboxylic acids is 2. The largest absolute Gasteiger partial charge is 0.480 e. The molecule has 0 fully saturated rings. The smallest absolute Gasteiger partial charge is 0.327 e. The van der Waals surface area contributed by atoms with Gasteiger partial charge < -0.3 is 24.8 Å². The van der Waals surface area contributed by atoms with Crippen LogP contribution in [0.25, 0.3) is 0 Å². The number of methoxy groups -OCH3 is 1. The summed E-state index contributed by atoms with van der Waals surface area (Å²) in [6, 6.07) is -1.93. The van der Waals surface area contributed by atoms with Crippen LogP contribution in [0.15, 0.2) is 0 Å². The highest BCUT2D eigenvalue weighted by Gasteiger charge is 2.24. The van der Waals surface area contributed by atoms with Gasteiger partial charge in [0, 0.05) is 20.1 Å². The van der Waals surface area contributed by atoms with Crippen molar-refractivity contribution in [1.82, 2.24) is 10.2 Å². The molecule has 8 nitrogen and oxygen atoms in total. The minimum atomic E-state index is -1.25. The Hall–Kier alpha value is -2.27. The lowest BCUT2D eigenvalue weighted by Crippen LogP contribution is -2.50. The number of rotatable bonds is 9. The van der Waals surface area contributed by atoms with Gasteiger partial charge in [0.05, 0.1) is 13.2 Å². The van der Waals surface area contributed by atoms with Gasteiger partial charge in [-0.3, -0.25) is 4.79 Å². The van der Waals surface area contributed by atoms with E-state index in [-0.39, 0.29) is 32.7 Å². The maximum absolute atomic E-state index is 12.0. The van der Waals surface area contributed by atoms with E-state index in [1.54, 1.807) is 6.92 Å². The van der Waals surface area contributed by atoms with Gasteiger partial charge in [-0.25, -0.2) is 9.59 Å². The third kappa shape index (κ3) is 7.79. The van der Waals surface area contributed by atoms with E-state index in [4.69, 9.17) is 21.0 Å². The van der Waals surface area contributed by atoms with Crippen molar-refractivity contribution in [1.29, 1.82) is 0 Å². The molecule has 1 unspecified atom stereocenters. The van der Waals surface area contributed by atoms with Crippen molar-refractivity contribution in [3.8, 4) is 12.3 Å². The molecule has 0 saturated carbocycles. The maximum atomic E-state index is 12.0. The summed E-state index contributed by atoms with van der Waals surface area (Å²) in [5.74, 6) is 0.331. The number of hydrogen-bond acceptors (Lipinski definition) is 5. The van der Waals surface area contributed by atoms with Gasteiger partial charge >= 0.3 is 18.0 Å². The number of nitrogens with zero attached hydrogens (tertiary/aromatic N) is 1. The fourth-order valence-electron chi connectivity index (χ4n) is 1.37. The Labute approximate surface area is 123 Å². The van der Waals surface area contributed by atoms with Crippen LogP contribution in [0.4, 0.5) is 4.79 Å². The first kappa shape index (κ1) is 18.7. The van der Waals surface area contributed by atoms with E-state index in [0.717, 1.165) is 4.90 Å². The third-order valence-electron chi connectivity index (χ3n) is 2.40. The van der Waals surface area contributed by atoms with Crippen molar-refractivity contribution in [3.63, 3.8) is 0 Å². The Morgan fingerprint density at radius 1 is 1.43 bits per heavy atom. The molecular formula is C13H20N2O6. The Morgan fingerprint density at radius 2 is 2.10 bits per heavy atom. The first-order chi connectivity index (χ1) is 9.96. The number of amides is 2. The molecule has 0 rings (SSSR count). The summed E-state index contributed by atoms with van der Waals surface area (Å²) >= 11 is 0. The van der Waals surface area contributed by atoms with Gasteiger partial charge in [-0.15, -0.1) is 12.3 Å². The topological polar surface area (TPSA) is 105 Å². The van der Waals surface area contributed by atoms with Crippen LogP contribution in [-0.4, -0.2) is 67.4 Å². The summed E-state index contributed by atoms with van der Waals surface area (Å²) in [6.45, 7) is 1.84. The number of terminal acetylenes is 1. The Kier molecular flexibility index (Phi) is 9.37. The lowest BCUT2D eigenvalue weighted by Gasteiger charge is -2.23. The van der Waals surface area contributed by atoms with Gasteiger partial charge in [0.25, 0.3) is 0 Å². The molecule has 0 aromatic heterocycles. The fraction of sp³-hybridized carbons (Fsp3) is 0.615. The van der Waals surface area contributed by atoms with Crippen molar-refractivity contribution in [3.05, 3.63) is 0 Å². The highest BCUT2D eigenvalue weighted by molar-refractivity contribution is 5.85. The zero-order chi connectivity index (χ0) is 16.3. The van der Waals surface area contributed by atoms with Gasteiger partial charge in [0.1, 0.15) is 12.6 Å². The third-order valence-corrected chi connectivity index (χ3v) is 2.40. The average molecular weight is 300 g/mol. The van der Waals surface area contributed by atoms with Gasteiger partial charge in [0.2, 0.25) is 0 Å². The lowest BCUT2D eigenvalue weighted by molar-refractivity contribution is -0.143. The van der Waals surface area contributed by atoms with Crippen molar-refractivity contribution < 1.29 is 29.0 Å². The Bertz CT molecular complexity index is 404. The van der Waals surface area contributed by atoms with E-state index in [9.17, 15) is 14.4 Å². The molecule has 0 aromatic carbocycles. The molecule has 2 N–H and O–H groups in total. The number of nitrogens with one attached hydrogen (secondary N) is 1. The van der Waals surface area contributed by atoms with E-state index in [0.29, 0.717) is 0 Å². The maximum Gasteiger partial charge on any atom is 0.327 e. The molecule has 0 heterocycles. The molecule has 0 aliphatic heterocycles. The molecule has 1 atom stereocenters. The molecule has 0 aliphatic carbocycles. The van der Waals surface area contributed by atoms with E-state index in [1.165, 1.54) is 7.11 Å². The second-order valence-electron chi connectivity index (χ2n) is 3.97. The highest BCUT2D eigenvalue weighted by atomic mass is 16.5. The second kappa shape index (κ2) is 10.5. The molecule has 0 aromatic rings. The van der Waals surface area contributed by atoms with Crippen molar-refractivity contribution in [2.24, 2.45) is 0 Å². The lowest BCUT2D eigenvalue weighted by atomic mass is 10.2. The van der Waals surface area contributed by atoms with Crippen LogP contribution >= 0.6 is 0 Å². The minimum absolute atomic E-state index is 0.115. The van der Waals surface area contributed by atoms with E-state index < -0.39 is 24.0 Å². The van der Waals surface area contributed by atoms with Crippen LogP contribution < -0.4 is 5.32 Å². The zero-order valence-electron chi connectivity index (χ0n) is 12.1. The molecule has 21 heavy (non-hydrogen) atoms. The van der Waals surface area contributed by atoms with E-state index in [1.807, 2.05) is 0 Å². The SMILES string of the molecule is C#CCC(NC(=O)N(CCOC)CC(=O)OCC)C(=O)O. The predicted octanol–water partition coefficient (Wildman–Crippen LogP) is -0.316. The fourth-order valence-corrected chi connectivity index (χ4v) is 1.37. The first-order valence-electron chi connectivity index (χ1n) is 6.32. The van der Waals surface area contributed by atoms with Gasteiger partial charge in [0.15, 0.2) is 0 Å². The van der Waals surface area contributed by atoms with Crippen molar-refractivity contribution in [2.45, 2.75) is 19.4 Å². The van der Waals surface area contributed by atoms with Crippen LogP contribution in [0.2, 0.25) is 0 Å². The number of esters is 1. The number of aliphatic carboxylic acids is 1. The van der Waals surface area contributed by atoms with Crippen LogP contribution in [-0.2, 0) is 19.1 Å². The molecule has 2 amide bonds. The number of carboxylic acid groups (broad SMARTS) is 1. The summed E-state index contributed by atoms with van der Waals surface area (Å²) in [7, 11) is 1.44. The van der Waals surface area contributed by atoms with Crippen LogP contribution in [0, 0.1) is 12.3 Å². The van der Waals surface area contributed by atoms with Crippen molar-refractivity contribution in [2.75, 3.05) is 33.4 Å². The first-order valence-corrected chi connectivity index (χ1v) is 6.32. The van der Waals surface area contributed by atoms with E-state index >= 15 is 0 Å². The van der Waals surface area contributed by atoms with E-state index in [2.05, 4.69) is 11.2 Å². The average Bonchev–Trinajstić information content (AvgIpc) is 2.42. The second-order valence-corrected chi connectivity index (χ2v) is 3.97. The van der Waals surface area contributed by atoms with Crippen LogP contribution in [0.5, 0.6) is 0 Å². The van der Waals surface area contributed by atoms with Gasteiger partial charge in [-0.05, 0) is 6.92 Å². The van der Waals surface area contributed by atoms with Crippen LogP contribution in [0.3, 0.4) is 0 Å². The molecule has 0 spiro atoms. The summed E-state index contributed by atoms with van der Waals surface area (Å²) < 4.78 is 9.59. The molecular weight excluding hydrogens is 280 g/mol. The number of carboxylic acids is 1. The van der Waals surface area contributed by atoms with Crippen LogP contribution in [0.1, 0.15) is 13.3 Å². The number of carbonyl (C=O) groups is 3. The molecule has 0 radical (unpaired) electrons. The Morgan fingerprint density at radius 3 is 2.57 bits per heavy atom. The molecule has 0 aliphatic rings. The summed E-state index contributed by atoms with van der Waals surface area (Å²) in [5, 5.41) is 11.2. The Balaban J connectivity index is 4.72. The summed E-state index contributed by atoms with van der Waals surface area (Å²) in [6.07, 6.45) is 4.89. The molecule has 118 valence electrons. The summed E-state index contributed by atoms with van der Waals surface area (Å²) in [5.41, 5.74) is 0. The molecule has 0 saturated heterocycles. The minimum Gasteiger partial charge on any atom is -0.480 e. The monoisotopic (exact) mass is 300 g/mol. The summed E-state index contributed by atoms with van der Waals surface area (Å²) in [4.78, 5) is 35.5. The number of urea groups is 1. The highest BCUT2D eigenvalue weighted by Crippen LogP contribution is 1.97. The zero-order valence-corrected chi connectivity index (χ0v) is 12.1. The molecule has 8 heteroatoms. The van der Waals surface area contributed by atoms with Gasteiger partial charge in [-0.1, -0.05) is 0 Å². The normalized spacial score (nSPS) is 11.1. The van der Waals surface area contributed by atoms with Crippen molar-refractivity contribution >= 4 is 18.0 Å². The predicted molar refractivity (Wildman–Crippen MR) is 73.5 cm³/mol. The standard InChI is InChI=1S/C13H20N2O6/c1-4-6-10(12(17)18)14-13(19)15(7-8-20-3)9-11(16)21-5-2/h1,10H,5-9H2,2-3H3,(H,14,19)(H,17,18). The quantitative estimate of drug-likeness (QED) is 0.447.